The first-order valence-corrected chi connectivity index (χ1v) is 6.84. The number of ether oxygens (including phenoxy) is 1. The van der Waals surface area contributed by atoms with Gasteiger partial charge in [-0.3, -0.25) is 4.79 Å². The van der Waals surface area contributed by atoms with Gasteiger partial charge in [0.05, 0.1) is 13.2 Å². The maximum absolute atomic E-state index is 12.0. The van der Waals surface area contributed by atoms with E-state index in [1.165, 1.54) is 7.11 Å². The molecule has 0 unspecified atom stereocenters. The van der Waals surface area contributed by atoms with E-state index in [4.69, 9.17) is 11.6 Å². The fourth-order valence-corrected chi connectivity index (χ4v) is 2.18. The highest BCUT2D eigenvalue weighted by molar-refractivity contribution is 6.30. The topological polar surface area (TPSA) is 99.8 Å². The van der Waals surface area contributed by atoms with E-state index < -0.39 is 12.1 Å². The third-order valence-electron chi connectivity index (χ3n) is 3.06. The lowest BCUT2D eigenvalue weighted by atomic mass is 10.2. The van der Waals surface area contributed by atoms with Gasteiger partial charge in [0.2, 0.25) is 5.91 Å². The van der Waals surface area contributed by atoms with Crippen LogP contribution in [0.1, 0.15) is 6.42 Å². The number of carbonyl (C=O) groups is 3. The van der Waals surface area contributed by atoms with Gasteiger partial charge in [0.1, 0.15) is 0 Å². The number of benzene rings is 1. The number of anilines is 1. The Labute approximate surface area is 131 Å². The molecule has 3 N–H and O–H groups in total. The highest BCUT2D eigenvalue weighted by atomic mass is 35.5. The van der Waals surface area contributed by atoms with Crippen LogP contribution in [0, 0.1) is 0 Å². The number of amides is 4. The number of hydrogen-bond donors (Lipinski definition) is 3. The normalized spacial score (nSPS) is 17.1. The summed E-state index contributed by atoms with van der Waals surface area (Å²) in [6.07, 6.45) is -0.616. The van der Waals surface area contributed by atoms with Crippen LogP contribution in [0.3, 0.4) is 0 Å². The van der Waals surface area contributed by atoms with Gasteiger partial charge in [-0.15, -0.1) is 0 Å². The van der Waals surface area contributed by atoms with Crippen LogP contribution in [-0.4, -0.2) is 37.7 Å². The van der Waals surface area contributed by atoms with Gasteiger partial charge >= 0.3 is 12.1 Å². The SMILES string of the molecule is COC(=O)NNC(=O)N[C@H]1CC(=O)N(c2ccc(Cl)cc2)C1. The number of rotatable bonds is 2. The summed E-state index contributed by atoms with van der Waals surface area (Å²) in [7, 11) is 1.18. The van der Waals surface area contributed by atoms with Crippen molar-refractivity contribution < 1.29 is 19.1 Å². The van der Waals surface area contributed by atoms with E-state index in [-0.39, 0.29) is 18.4 Å². The van der Waals surface area contributed by atoms with Crippen LogP contribution in [0.4, 0.5) is 15.3 Å². The second-order valence-corrected chi connectivity index (χ2v) is 5.03. The summed E-state index contributed by atoms with van der Waals surface area (Å²) in [5, 5.41) is 3.17. The van der Waals surface area contributed by atoms with Crippen molar-refractivity contribution in [3.05, 3.63) is 29.3 Å². The summed E-state index contributed by atoms with van der Waals surface area (Å²) in [5.74, 6) is -0.103. The summed E-state index contributed by atoms with van der Waals surface area (Å²) >= 11 is 5.81. The lowest BCUT2D eigenvalue weighted by Gasteiger charge is -2.17. The van der Waals surface area contributed by atoms with E-state index in [9.17, 15) is 14.4 Å². The second-order valence-electron chi connectivity index (χ2n) is 4.60. The molecule has 9 heteroatoms. The summed E-state index contributed by atoms with van der Waals surface area (Å²) in [6, 6.07) is 5.88. The summed E-state index contributed by atoms with van der Waals surface area (Å²) in [5.41, 5.74) is 4.86. The number of carbonyl (C=O) groups excluding carboxylic acids is 3. The quantitative estimate of drug-likeness (QED) is 0.706. The van der Waals surface area contributed by atoms with Gasteiger partial charge in [-0.05, 0) is 24.3 Å². The molecule has 1 aromatic rings. The first kappa shape index (κ1) is 15.9. The number of halogens is 1. The average molecular weight is 327 g/mol. The summed E-state index contributed by atoms with van der Waals surface area (Å²) in [4.78, 5) is 36.0. The van der Waals surface area contributed by atoms with Crippen molar-refractivity contribution in [3.8, 4) is 0 Å². The van der Waals surface area contributed by atoms with Crippen LogP contribution in [0.5, 0.6) is 0 Å². The highest BCUT2D eigenvalue weighted by Crippen LogP contribution is 2.23. The standard InChI is InChI=1S/C13H15ClN4O4/c1-22-13(21)17-16-12(20)15-9-6-11(19)18(7-9)10-4-2-8(14)3-5-10/h2-5,9H,6-7H2,1H3,(H,17,21)(H2,15,16,20)/t9-/m0/s1. The Balaban J connectivity index is 1.88. The minimum absolute atomic E-state index is 0.103. The molecule has 0 saturated carbocycles. The van der Waals surface area contributed by atoms with E-state index in [0.29, 0.717) is 17.3 Å². The molecule has 1 saturated heterocycles. The second kappa shape index (κ2) is 6.99. The van der Waals surface area contributed by atoms with Gasteiger partial charge in [0.25, 0.3) is 0 Å². The zero-order valence-corrected chi connectivity index (χ0v) is 12.5. The van der Waals surface area contributed by atoms with Crippen molar-refractivity contribution in [2.75, 3.05) is 18.6 Å². The molecule has 1 aliphatic rings. The van der Waals surface area contributed by atoms with Gasteiger partial charge in [0, 0.05) is 23.7 Å². The van der Waals surface area contributed by atoms with Crippen LogP contribution < -0.4 is 21.1 Å². The van der Waals surface area contributed by atoms with Crippen molar-refractivity contribution in [1.29, 1.82) is 0 Å². The van der Waals surface area contributed by atoms with Gasteiger partial charge < -0.3 is 15.0 Å². The van der Waals surface area contributed by atoms with E-state index in [0.717, 1.165) is 0 Å². The molecule has 1 aromatic carbocycles. The van der Waals surface area contributed by atoms with Crippen molar-refractivity contribution in [1.82, 2.24) is 16.2 Å². The fourth-order valence-electron chi connectivity index (χ4n) is 2.06. The maximum Gasteiger partial charge on any atom is 0.425 e. The molecule has 22 heavy (non-hydrogen) atoms. The molecular weight excluding hydrogens is 312 g/mol. The molecule has 1 heterocycles. The molecule has 0 bridgehead atoms. The van der Waals surface area contributed by atoms with E-state index in [1.54, 1.807) is 29.2 Å². The number of hydrogen-bond acceptors (Lipinski definition) is 4. The molecular formula is C13H15ClN4O4. The molecule has 1 atom stereocenters. The minimum Gasteiger partial charge on any atom is -0.452 e. The van der Waals surface area contributed by atoms with Crippen molar-refractivity contribution in [2.45, 2.75) is 12.5 Å². The third-order valence-corrected chi connectivity index (χ3v) is 3.31. The monoisotopic (exact) mass is 326 g/mol. The molecule has 0 aromatic heterocycles. The Morgan fingerprint density at radius 3 is 2.59 bits per heavy atom. The molecule has 0 spiro atoms. The third kappa shape index (κ3) is 4.01. The molecule has 8 nitrogen and oxygen atoms in total. The predicted octanol–water partition coefficient (Wildman–Crippen LogP) is 1.02. The summed E-state index contributed by atoms with van der Waals surface area (Å²) < 4.78 is 4.31. The number of hydrazine groups is 1. The van der Waals surface area contributed by atoms with Crippen LogP contribution >= 0.6 is 11.6 Å². The maximum atomic E-state index is 12.0. The van der Waals surface area contributed by atoms with Gasteiger partial charge in [-0.25, -0.2) is 20.4 Å². The van der Waals surface area contributed by atoms with Crippen LogP contribution in [0.25, 0.3) is 0 Å². The Morgan fingerprint density at radius 1 is 1.27 bits per heavy atom. The minimum atomic E-state index is -0.791. The van der Waals surface area contributed by atoms with E-state index in [2.05, 4.69) is 15.5 Å². The Morgan fingerprint density at radius 2 is 1.95 bits per heavy atom. The first-order valence-electron chi connectivity index (χ1n) is 6.46. The zero-order chi connectivity index (χ0) is 16.1. The number of nitrogens with zero attached hydrogens (tertiary/aromatic N) is 1. The van der Waals surface area contributed by atoms with E-state index in [1.807, 2.05) is 5.43 Å². The molecule has 4 amide bonds. The number of nitrogens with one attached hydrogen (secondary N) is 3. The van der Waals surface area contributed by atoms with Gasteiger partial charge in [0.15, 0.2) is 0 Å². The molecule has 0 radical (unpaired) electrons. The Bertz CT molecular complexity index is 578. The molecule has 118 valence electrons. The molecule has 0 aliphatic carbocycles. The zero-order valence-electron chi connectivity index (χ0n) is 11.8. The van der Waals surface area contributed by atoms with Crippen molar-refractivity contribution in [3.63, 3.8) is 0 Å². The Hall–Kier alpha value is -2.48. The average Bonchev–Trinajstić information content (AvgIpc) is 2.86. The largest absolute Gasteiger partial charge is 0.452 e. The van der Waals surface area contributed by atoms with Gasteiger partial charge in [-0.2, -0.15) is 0 Å². The lowest BCUT2D eigenvalue weighted by Crippen LogP contribution is -2.50. The highest BCUT2D eigenvalue weighted by Gasteiger charge is 2.31. The molecule has 1 fully saturated rings. The molecule has 2 rings (SSSR count). The number of methoxy groups -OCH3 is 1. The van der Waals surface area contributed by atoms with Crippen molar-refractivity contribution in [2.24, 2.45) is 0 Å². The number of urea groups is 1. The fraction of sp³-hybridized carbons (Fsp3) is 0.308. The van der Waals surface area contributed by atoms with Crippen LogP contribution in [0.2, 0.25) is 5.02 Å². The lowest BCUT2D eigenvalue weighted by molar-refractivity contribution is -0.117. The Kier molecular flexibility index (Phi) is 5.05. The van der Waals surface area contributed by atoms with Crippen LogP contribution in [-0.2, 0) is 9.53 Å². The smallest absolute Gasteiger partial charge is 0.425 e. The van der Waals surface area contributed by atoms with Gasteiger partial charge in [-0.1, -0.05) is 11.6 Å². The van der Waals surface area contributed by atoms with E-state index >= 15 is 0 Å². The van der Waals surface area contributed by atoms with Crippen LogP contribution in [0.15, 0.2) is 24.3 Å². The van der Waals surface area contributed by atoms with Crippen molar-refractivity contribution >= 4 is 35.3 Å². The first-order chi connectivity index (χ1) is 10.5. The predicted molar refractivity (Wildman–Crippen MR) is 79.4 cm³/mol. The summed E-state index contributed by atoms with van der Waals surface area (Å²) in [6.45, 7) is 0.339. The molecule has 1 aliphatic heterocycles.